The van der Waals surface area contributed by atoms with Crippen molar-refractivity contribution in [3.05, 3.63) is 69.7 Å². The van der Waals surface area contributed by atoms with Gasteiger partial charge in [-0.3, -0.25) is 0 Å². The van der Waals surface area contributed by atoms with Crippen molar-refractivity contribution >= 4 is 45.3 Å². The van der Waals surface area contributed by atoms with Crippen molar-refractivity contribution in [3.8, 4) is 0 Å². The molecular weight excluding hydrogens is 409 g/mol. The highest BCUT2D eigenvalue weighted by Gasteiger charge is 2.30. The van der Waals surface area contributed by atoms with Crippen molar-refractivity contribution < 1.29 is 17.9 Å². The summed E-state index contributed by atoms with van der Waals surface area (Å²) in [5, 5.41) is -0.0175. The molecule has 0 aliphatic heterocycles. The van der Waals surface area contributed by atoms with Crippen molar-refractivity contribution in [1.29, 1.82) is 0 Å². The highest BCUT2D eigenvalue weighted by molar-refractivity contribution is 7.89. The standard InChI is InChI=1S/C19H17Cl2NO4S/c20-16-12-17(21)18(27(24,25)22-14-8-9-14)11-15(16)19(23)26-10-4-7-13-5-2-1-3-6-13/h1-7,11-12,14,22H,8-10H2/b7-4+. The summed E-state index contributed by atoms with van der Waals surface area (Å²) < 4.78 is 32.5. The summed E-state index contributed by atoms with van der Waals surface area (Å²) in [4.78, 5) is 12.1. The Bertz CT molecular complexity index is 971. The minimum Gasteiger partial charge on any atom is -0.458 e. The van der Waals surface area contributed by atoms with Gasteiger partial charge in [0.15, 0.2) is 0 Å². The maximum absolute atomic E-state index is 12.4. The zero-order valence-corrected chi connectivity index (χ0v) is 16.5. The van der Waals surface area contributed by atoms with Gasteiger partial charge in [-0.25, -0.2) is 17.9 Å². The lowest BCUT2D eigenvalue weighted by molar-refractivity contribution is 0.0550. The van der Waals surface area contributed by atoms with Crippen LogP contribution in [0.4, 0.5) is 0 Å². The molecule has 1 saturated carbocycles. The van der Waals surface area contributed by atoms with Crippen LogP contribution in [0.3, 0.4) is 0 Å². The van der Waals surface area contributed by atoms with Gasteiger partial charge in [0.05, 0.1) is 15.6 Å². The smallest absolute Gasteiger partial charge is 0.340 e. The third-order valence-electron chi connectivity index (χ3n) is 3.85. The van der Waals surface area contributed by atoms with Gasteiger partial charge in [-0.15, -0.1) is 0 Å². The number of rotatable bonds is 7. The molecule has 27 heavy (non-hydrogen) atoms. The normalized spacial score (nSPS) is 14.4. The van der Waals surface area contributed by atoms with Gasteiger partial charge in [0.2, 0.25) is 10.0 Å². The monoisotopic (exact) mass is 425 g/mol. The third-order valence-corrected chi connectivity index (χ3v) is 6.15. The van der Waals surface area contributed by atoms with E-state index in [-0.39, 0.29) is 33.2 Å². The van der Waals surface area contributed by atoms with Crippen LogP contribution < -0.4 is 4.72 Å². The van der Waals surface area contributed by atoms with Crippen molar-refractivity contribution in [2.45, 2.75) is 23.8 Å². The zero-order chi connectivity index (χ0) is 19.4. The third kappa shape index (κ3) is 5.32. The molecule has 2 aromatic rings. The fraction of sp³-hybridized carbons (Fsp3) is 0.211. The Labute approximate surface area is 168 Å². The van der Waals surface area contributed by atoms with Gasteiger partial charge in [-0.1, -0.05) is 59.6 Å². The maximum Gasteiger partial charge on any atom is 0.340 e. The number of sulfonamides is 1. The van der Waals surface area contributed by atoms with Crippen LogP contribution >= 0.6 is 23.2 Å². The van der Waals surface area contributed by atoms with E-state index in [2.05, 4.69) is 4.72 Å². The Hall–Kier alpha value is -1.86. The Balaban J connectivity index is 1.72. The van der Waals surface area contributed by atoms with Crippen LogP contribution in [-0.4, -0.2) is 27.0 Å². The summed E-state index contributed by atoms with van der Waals surface area (Å²) in [6, 6.07) is 11.8. The maximum atomic E-state index is 12.4. The molecule has 0 heterocycles. The Kier molecular flexibility index (Phi) is 6.22. The van der Waals surface area contributed by atoms with Gasteiger partial charge in [-0.2, -0.15) is 0 Å². The number of halogens is 2. The molecule has 0 amide bonds. The second kappa shape index (κ2) is 8.44. The number of carbonyl (C=O) groups excluding carboxylic acids is 1. The summed E-state index contributed by atoms with van der Waals surface area (Å²) in [7, 11) is -3.82. The Morgan fingerprint density at radius 1 is 1.15 bits per heavy atom. The molecule has 1 aliphatic carbocycles. The van der Waals surface area contributed by atoms with Crippen LogP contribution in [-0.2, 0) is 14.8 Å². The average molecular weight is 426 g/mol. The van der Waals surface area contributed by atoms with Gasteiger partial charge in [-0.05, 0) is 36.6 Å². The van der Waals surface area contributed by atoms with E-state index in [1.807, 2.05) is 36.4 Å². The average Bonchev–Trinajstić information content (AvgIpc) is 3.42. The van der Waals surface area contributed by atoms with Gasteiger partial charge in [0.1, 0.15) is 11.5 Å². The van der Waals surface area contributed by atoms with E-state index in [0.29, 0.717) is 0 Å². The van der Waals surface area contributed by atoms with E-state index in [4.69, 9.17) is 27.9 Å². The first kappa shape index (κ1) is 19.9. The van der Waals surface area contributed by atoms with Crippen molar-refractivity contribution in [3.63, 3.8) is 0 Å². The molecule has 8 heteroatoms. The quantitative estimate of drug-likeness (QED) is 0.670. The van der Waals surface area contributed by atoms with Crippen molar-refractivity contribution in [2.75, 3.05) is 6.61 Å². The molecule has 1 aliphatic rings. The molecule has 0 unspecified atom stereocenters. The van der Waals surface area contributed by atoms with Crippen molar-refractivity contribution in [1.82, 2.24) is 4.72 Å². The Morgan fingerprint density at radius 3 is 2.52 bits per heavy atom. The van der Waals surface area contributed by atoms with Gasteiger partial charge >= 0.3 is 5.97 Å². The molecule has 1 fully saturated rings. The minimum absolute atomic E-state index is 0.0229. The summed E-state index contributed by atoms with van der Waals surface area (Å²) in [5.74, 6) is -0.725. The molecule has 3 rings (SSSR count). The zero-order valence-electron chi connectivity index (χ0n) is 14.2. The molecular formula is C19H17Cl2NO4S. The highest BCUT2D eigenvalue weighted by atomic mass is 35.5. The van der Waals surface area contributed by atoms with E-state index in [9.17, 15) is 13.2 Å². The number of hydrogen-bond donors (Lipinski definition) is 1. The molecule has 0 atom stereocenters. The van der Waals surface area contributed by atoms with E-state index < -0.39 is 16.0 Å². The molecule has 0 radical (unpaired) electrons. The van der Waals surface area contributed by atoms with Crippen molar-refractivity contribution in [2.24, 2.45) is 0 Å². The number of nitrogens with one attached hydrogen (secondary N) is 1. The molecule has 0 bridgehead atoms. The minimum atomic E-state index is -3.82. The molecule has 0 spiro atoms. The van der Waals surface area contributed by atoms with Crippen LogP contribution in [0, 0.1) is 0 Å². The summed E-state index contributed by atoms with van der Waals surface area (Å²) >= 11 is 12.1. The second-order valence-electron chi connectivity index (χ2n) is 6.07. The molecule has 2 aromatic carbocycles. The highest BCUT2D eigenvalue weighted by Crippen LogP contribution is 2.31. The predicted molar refractivity (Wildman–Crippen MR) is 106 cm³/mol. The molecule has 5 nitrogen and oxygen atoms in total. The van der Waals surface area contributed by atoms with Crippen LogP contribution in [0.15, 0.2) is 53.4 Å². The van der Waals surface area contributed by atoms with Gasteiger partial charge in [0, 0.05) is 6.04 Å². The van der Waals surface area contributed by atoms with E-state index >= 15 is 0 Å². The first-order chi connectivity index (χ1) is 12.9. The Morgan fingerprint density at radius 2 is 1.85 bits per heavy atom. The van der Waals surface area contributed by atoms with Crippen LogP contribution in [0.5, 0.6) is 0 Å². The number of benzene rings is 2. The van der Waals surface area contributed by atoms with Gasteiger partial charge < -0.3 is 4.74 Å². The SMILES string of the molecule is O=C(OC/C=C/c1ccccc1)c1cc(S(=O)(=O)NC2CC2)c(Cl)cc1Cl. The van der Waals surface area contributed by atoms with Gasteiger partial charge in [0.25, 0.3) is 0 Å². The topological polar surface area (TPSA) is 72.5 Å². The number of carbonyl (C=O) groups is 1. The lowest BCUT2D eigenvalue weighted by Gasteiger charge is -2.11. The largest absolute Gasteiger partial charge is 0.458 e. The van der Waals surface area contributed by atoms with E-state index in [0.717, 1.165) is 24.5 Å². The number of hydrogen-bond acceptors (Lipinski definition) is 4. The molecule has 142 valence electrons. The lowest BCUT2D eigenvalue weighted by atomic mass is 10.2. The van der Waals surface area contributed by atoms with Crippen LogP contribution in [0.1, 0.15) is 28.8 Å². The first-order valence-electron chi connectivity index (χ1n) is 8.27. The van der Waals surface area contributed by atoms with Crippen LogP contribution in [0.2, 0.25) is 10.0 Å². The molecule has 1 N–H and O–H groups in total. The molecule has 0 aromatic heterocycles. The van der Waals surface area contributed by atoms with Crippen LogP contribution in [0.25, 0.3) is 6.08 Å². The summed E-state index contributed by atoms with van der Waals surface area (Å²) in [6.45, 7) is 0.0229. The second-order valence-corrected chi connectivity index (χ2v) is 8.57. The lowest BCUT2D eigenvalue weighted by Crippen LogP contribution is -2.26. The fourth-order valence-electron chi connectivity index (χ4n) is 2.33. The predicted octanol–water partition coefficient (Wildman–Crippen LogP) is 4.30. The molecule has 0 saturated heterocycles. The van der Waals surface area contributed by atoms with E-state index in [1.165, 1.54) is 6.07 Å². The van der Waals surface area contributed by atoms with E-state index in [1.54, 1.807) is 6.08 Å². The summed E-state index contributed by atoms with van der Waals surface area (Å²) in [5.41, 5.74) is 0.919. The number of esters is 1. The summed E-state index contributed by atoms with van der Waals surface area (Å²) in [6.07, 6.45) is 5.07. The fourth-order valence-corrected chi connectivity index (χ4v) is 4.48. The number of ether oxygens (including phenoxy) is 1. The first-order valence-corrected chi connectivity index (χ1v) is 10.5.